The Hall–Kier alpha value is -1.95. The van der Waals surface area contributed by atoms with E-state index in [9.17, 15) is 14.9 Å². The summed E-state index contributed by atoms with van der Waals surface area (Å²) in [6.45, 7) is 0.169. The van der Waals surface area contributed by atoms with Crippen LogP contribution in [0.3, 0.4) is 0 Å². The Morgan fingerprint density at radius 1 is 1.56 bits per heavy atom. The van der Waals surface area contributed by atoms with Crippen LogP contribution in [0.15, 0.2) is 18.2 Å². The molecule has 1 aromatic carbocycles. The van der Waals surface area contributed by atoms with Crippen LogP contribution in [0.4, 0.5) is 5.69 Å². The second kappa shape index (κ2) is 5.22. The highest BCUT2D eigenvalue weighted by atomic mass is 16.6. The molecule has 6 heteroatoms. The predicted octanol–water partition coefficient (Wildman–Crippen LogP) is 1.13. The zero-order valence-electron chi connectivity index (χ0n) is 8.80. The lowest BCUT2D eigenvalue weighted by Crippen LogP contribution is -2.10. The highest BCUT2D eigenvalue weighted by molar-refractivity contribution is 6.00. The summed E-state index contributed by atoms with van der Waals surface area (Å²) < 4.78 is 4.86. The van der Waals surface area contributed by atoms with Crippen LogP contribution in [0.5, 0.6) is 5.75 Å². The van der Waals surface area contributed by atoms with Gasteiger partial charge in [-0.25, -0.2) is 0 Å². The minimum atomic E-state index is -0.605. The van der Waals surface area contributed by atoms with Gasteiger partial charge in [-0.3, -0.25) is 14.9 Å². The summed E-state index contributed by atoms with van der Waals surface area (Å²) in [6.07, 6.45) is 0.0904. The third-order valence-electron chi connectivity index (χ3n) is 2.07. The Morgan fingerprint density at radius 2 is 2.25 bits per heavy atom. The van der Waals surface area contributed by atoms with Gasteiger partial charge in [0.1, 0.15) is 5.75 Å². The second-order valence-electron chi connectivity index (χ2n) is 3.10. The average Bonchev–Trinajstić information content (AvgIpc) is 2.28. The number of methoxy groups -OCH3 is 1. The van der Waals surface area contributed by atoms with E-state index in [0.717, 1.165) is 0 Å². The largest absolute Gasteiger partial charge is 0.497 e. The molecule has 0 heterocycles. The van der Waals surface area contributed by atoms with Gasteiger partial charge in [0.25, 0.3) is 5.69 Å². The molecule has 0 fully saturated rings. The maximum atomic E-state index is 11.5. The van der Waals surface area contributed by atoms with Gasteiger partial charge in [-0.05, 0) is 18.7 Å². The van der Waals surface area contributed by atoms with E-state index in [1.807, 2.05) is 0 Å². The number of hydrogen-bond donors (Lipinski definition) is 1. The Morgan fingerprint density at radius 3 is 2.75 bits per heavy atom. The molecule has 6 nitrogen and oxygen atoms in total. The summed E-state index contributed by atoms with van der Waals surface area (Å²) in [6, 6.07) is 4.12. The van der Waals surface area contributed by atoms with Crippen molar-refractivity contribution in [3.63, 3.8) is 0 Å². The van der Waals surface area contributed by atoms with Crippen LogP contribution in [-0.2, 0) is 0 Å². The van der Waals surface area contributed by atoms with Crippen molar-refractivity contribution in [2.24, 2.45) is 5.73 Å². The molecular formula is C10H12N2O4. The van der Waals surface area contributed by atoms with Crippen LogP contribution in [0.2, 0.25) is 0 Å². The summed E-state index contributed by atoms with van der Waals surface area (Å²) in [4.78, 5) is 21.7. The molecule has 86 valence electrons. The minimum absolute atomic E-state index is 0.0660. The molecule has 0 aliphatic rings. The molecule has 0 aromatic heterocycles. The second-order valence-corrected chi connectivity index (χ2v) is 3.10. The van der Waals surface area contributed by atoms with Gasteiger partial charge in [0.15, 0.2) is 5.78 Å². The van der Waals surface area contributed by atoms with Crippen LogP contribution in [0.25, 0.3) is 0 Å². The fourth-order valence-electron chi connectivity index (χ4n) is 1.29. The van der Waals surface area contributed by atoms with Crippen LogP contribution in [-0.4, -0.2) is 24.4 Å². The predicted molar refractivity (Wildman–Crippen MR) is 57.7 cm³/mol. The third-order valence-corrected chi connectivity index (χ3v) is 2.07. The molecule has 0 saturated heterocycles. The number of ether oxygens (including phenoxy) is 1. The van der Waals surface area contributed by atoms with E-state index in [1.54, 1.807) is 0 Å². The smallest absolute Gasteiger partial charge is 0.283 e. The highest BCUT2D eigenvalue weighted by Gasteiger charge is 2.20. The molecule has 0 atom stereocenters. The van der Waals surface area contributed by atoms with Crippen molar-refractivity contribution in [1.82, 2.24) is 0 Å². The van der Waals surface area contributed by atoms with Crippen molar-refractivity contribution < 1.29 is 14.5 Å². The van der Waals surface area contributed by atoms with E-state index < -0.39 is 4.92 Å². The molecule has 0 spiro atoms. The number of nitrogens with zero attached hydrogens (tertiary/aromatic N) is 1. The van der Waals surface area contributed by atoms with Gasteiger partial charge in [-0.1, -0.05) is 0 Å². The summed E-state index contributed by atoms with van der Waals surface area (Å²) in [7, 11) is 1.40. The fraction of sp³-hybridized carbons (Fsp3) is 0.300. The van der Waals surface area contributed by atoms with Crippen LogP contribution in [0, 0.1) is 10.1 Å². The monoisotopic (exact) mass is 224 g/mol. The van der Waals surface area contributed by atoms with Crippen LogP contribution in [0.1, 0.15) is 16.8 Å². The lowest BCUT2D eigenvalue weighted by atomic mass is 10.1. The maximum Gasteiger partial charge on any atom is 0.283 e. The molecule has 16 heavy (non-hydrogen) atoms. The standard InChI is InChI=1S/C10H12N2O4/c1-16-7-2-3-8(10(13)4-5-11)9(6-7)12(14)15/h2-3,6H,4-5,11H2,1H3. The van der Waals surface area contributed by atoms with Crippen molar-refractivity contribution in [2.45, 2.75) is 6.42 Å². The number of benzene rings is 1. The van der Waals surface area contributed by atoms with Crippen molar-refractivity contribution >= 4 is 11.5 Å². The van der Waals surface area contributed by atoms with E-state index in [-0.39, 0.29) is 30.0 Å². The Kier molecular flexibility index (Phi) is 3.96. The quantitative estimate of drug-likeness (QED) is 0.459. The van der Waals surface area contributed by atoms with Gasteiger partial charge in [0, 0.05) is 6.42 Å². The molecule has 0 aliphatic heterocycles. The van der Waals surface area contributed by atoms with Crippen molar-refractivity contribution in [1.29, 1.82) is 0 Å². The first-order valence-corrected chi connectivity index (χ1v) is 4.66. The van der Waals surface area contributed by atoms with Gasteiger partial charge in [0.05, 0.1) is 23.7 Å². The number of rotatable bonds is 5. The van der Waals surface area contributed by atoms with E-state index in [4.69, 9.17) is 10.5 Å². The summed E-state index contributed by atoms with van der Waals surface area (Å²) in [5.74, 6) is 0.00727. The minimum Gasteiger partial charge on any atom is -0.497 e. The topological polar surface area (TPSA) is 95.5 Å². The lowest BCUT2D eigenvalue weighted by molar-refractivity contribution is -0.385. The van der Waals surface area contributed by atoms with E-state index in [1.165, 1.54) is 25.3 Å². The van der Waals surface area contributed by atoms with Crippen molar-refractivity contribution in [2.75, 3.05) is 13.7 Å². The number of nitro benzene ring substituents is 1. The number of nitro groups is 1. The molecule has 0 unspecified atom stereocenters. The van der Waals surface area contributed by atoms with Gasteiger partial charge in [-0.2, -0.15) is 0 Å². The first-order valence-electron chi connectivity index (χ1n) is 4.66. The number of hydrogen-bond acceptors (Lipinski definition) is 5. The van der Waals surface area contributed by atoms with Gasteiger partial charge >= 0.3 is 0 Å². The van der Waals surface area contributed by atoms with Crippen molar-refractivity contribution in [3.05, 3.63) is 33.9 Å². The van der Waals surface area contributed by atoms with Gasteiger partial charge in [-0.15, -0.1) is 0 Å². The van der Waals surface area contributed by atoms with Crippen LogP contribution < -0.4 is 10.5 Å². The molecule has 1 aromatic rings. The normalized spacial score (nSPS) is 9.88. The number of carbonyl (C=O) groups is 1. The average molecular weight is 224 g/mol. The lowest BCUT2D eigenvalue weighted by Gasteiger charge is -2.03. The van der Waals surface area contributed by atoms with Gasteiger partial charge < -0.3 is 10.5 Å². The van der Waals surface area contributed by atoms with E-state index in [0.29, 0.717) is 5.75 Å². The van der Waals surface area contributed by atoms with E-state index >= 15 is 0 Å². The molecule has 2 N–H and O–H groups in total. The Labute approximate surface area is 92.2 Å². The maximum absolute atomic E-state index is 11.5. The molecule has 0 amide bonds. The van der Waals surface area contributed by atoms with E-state index in [2.05, 4.69) is 0 Å². The zero-order valence-corrected chi connectivity index (χ0v) is 8.80. The Bertz CT molecular complexity index is 417. The van der Waals surface area contributed by atoms with Crippen LogP contribution >= 0.6 is 0 Å². The number of Topliss-reactive ketones (excluding diaryl/α,β-unsaturated/α-hetero) is 1. The fourth-order valence-corrected chi connectivity index (χ4v) is 1.29. The molecule has 0 bridgehead atoms. The summed E-state index contributed by atoms with van der Waals surface area (Å²) in [5, 5.41) is 10.8. The first-order chi connectivity index (χ1) is 7.60. The number of ketones is 1. The zero-order chi connectivity index (χ0) is 12.1. The summed E-state index contributed by atoms with van der Waals surface area (Å²) in [5.41, 5.74) is 5.05. The number of nitrogens with two attached hydrogens (primary N) is 1. The molecule has 0 aliphatic carbocycles. The summed E-state index contributed by atoms with van der Waals surface area (Å²) >= 11 is 0. The SMILES string of the molecule is COc1ccc(C(=O)CCN)c([N+](=O)[O-])c1. The Balaban J connectivity index is 3.17. The molecule has 1 rings (SSSR count). The van der Waals surface area contributed by atoms with Crippen molar-refractivity contribution in [3.8, 4) is 5.75 Å². The third kappa shape index (κ3) is 2.54. The molecular weight excluding hydrogens is 212 g/mol. The molecule has 0 saturated carbocycles. The first kappa shape index (κ1) is 12.1. The highest BCUT2D eigenvalue weighted by Crippen LogP contribution is 2.25. The van der Waals surface area contributed by atoms with Gasteiger partial charge in [0.2, 0.25) is 0 Å². The molecule has 0 radical (unpaired) electrons. The number of carbonyl (C=O) groups excluding carboxylic acids is 1.